The summed E-state index contributed by atoms with van der Waals surface area (Å²) < 4.78 is 0. The van der Waals surface area contributed by atoms with Crippen LogP contribution in [0.2, 0.25) is 0 Å². The molecule has 0 rings (SSSR count). The Morgan fingerprint density at radius 2 is 1.22 bits per heavy atom. The van der Waals surface area contributed by atoms with Crippen LogP contribution in [0.1, 0.15) is 86.0 Å². The average Bonchev–Trinajstić information content (AvgIpc) is 2.40. The largest absolute Gasteiger partial charge is 0.306 e. The van der Waals surface area contributed by atoms with Gasteiger partial charge in [0, 0.05) is 0 Å². The highest BCUT2D eigenvalue weighted by atomic mass is 15.1. The van der Waals surface area contributed by atoms with Gasteiger partial charge >= 0.3 is 0 Å². The maximum Gasteiger partial charge on any atom is -0.00219 e. The van der Waals surface area contributed by atoms with Crippen molar-refractivity contribution in [3.8, 4) is 0 Å². The van der Waals surface area contributed by atoms with Crippen LogP contribution in [0.3, 0.4) is 0 Å². The summed E-state index contributed by atoms with van der Waals surface area (Å²) in [4.78, 5) is 2.42. The Balaban J connectivity index is 0. The van der Waals surface area contributed by atoms with Gasteiger partial charge in [-0.2, -0.15) is 0 Å². The van der Waals surface area contributed by atoms with Crippen LogP contribution in [0.5, 0.6) is 0 Å². The lowest BCUT2D eigenvalue weighted by Gasteiger charge is -2.14. The third-order valence-electron chi connectivity index (χ3n) is 3.53. The molecule has 0 aromatic rings. The van der Waals surface area contributed by atoms with E-state index in [1.807, 2.05) is 0 Å². The van der Waals surface area contributed by atoms with Gasteiger partial charge in [-0.25, -0.2) is 0 Å². The molecule has 18 heavy (non-hydrogen) atoms. The standard InChI is InChI=1S/C9H21N.C8H18/c1-4-6-8-10(3)9-7-5-2;1-4-6-7-8(3)5-2/h4-9H2,1-3H3;8H,4-7H2,1-3H3. The van der Waals surface area contributed by atoms with Crippen LogP contribution in [0.4, 0.5) is 0 Å². The Kier molecular flexibility index (Phi) is 19.1. The van der Waals surface area contributed by atoms with Crippen LogP contribution in [0.15, 0.2) is 0 Å². The van der Waals surface area contributed by atoms with E-state index in [2.05, 4.69) is 46.6 Å². The van der Waals surface area contributed by atoms with Crippen molar-refractivity contribution in [2.24, 2.45) is 5.92 Å². The summed E-state index contributed by atoms with van der Waals surface area (Å²) in [5.74, 6) is 0.954. The number of hydrogen-bond donors (Lipinski definition) is 0. The van der Waals surface area contributed by atoms with Crippen LogP contribution in [0, 0.1) is 5.92 Å². The molecule has 0 aromatic carbocycles. The first kappa shape index (κ1) is 20.3. The van der Waals surface area contributed by atoms with E-state index in [4.69, 9.17) is 0 Å². The summed E-state index contributed by atoms with van der Waals surface area (Å²) in [6.45, 7) is 13.9. The first-order chi connectivity index (χ1) is 8.62. The molecule has 0 saturated carbocycles. The van der Waals surface area contributed by atoms with E-state index in [-0.39, 0.29) is 0 Å². The van der Waals surface area contributed by atoms with Gasteiger partial charge in [0.25, 0.3) is 0 Å². The topological polar surface area (TPSA) is 3.24 Å². The molecule has 0 heterocycles. The van der Waals surface area contributed by atoms with E-state index < -0.39 is 0 Å². The molecular weight excluding hydrogens is 218 g/mol. The van der Waals surface area contributed by atoms with Gasteiger partial charge in [0.2, 0.25) is 0 Å². The summed E-state index contributed by atoms with van der Waals surface area (Å²) in [6, 6.07) is 0. The minimum Gasteiger partial charge on any atom is -0.306 e. The third kappa shape index (κ3) is 18.3. The van der Waals surface area contributed by atoms with Gasteiger partial charge in [0.05, 0.1) is 0 Å². The number of hydrogen-bond acceptors (Lipinski definition) is 1. The van der Waals surface area contributed by atoms with Crippen LogP contribution in [-0.2, 0) is 0 Å². The Morgan fingerprint density at radius 1 is 0.778 bits per heavy atom. The summed E-state index contributed by atoms with van der Waals surface area (Å²) in [6.07, 6.45) is 10.9. The molecule has 0 N–H and O–H groups in total. The molecule has 112 valence electrons. The fraction of sp³-hybridized carbons (Fsp3) is 1.00. The van der Waals surface area contributed by atoms with Crippen molar-refractivity contribution in [3.05, 3.63) is 0 Å². The van der Waals surface area contributed by atoms with E-state index >= 15 is 0 Å². The van der Waals surface area contributed by atoms with Gasteiger partial charge < -0.3 is 4.90 Å². The van der Waals surface area contributed by atoms with Crippen molar-refractivity contribution in [2.75, 3.05) is 20.1 Å². The predicted molar refractivity (Wildman–Crippen MR) is 86.3 cm³/mol. The van der Waals surface area contributed by atoms with Crippen LogP contribution in [-0.4, -0.2) is 25.0 Å². The van der Waals surface area contributed by atoms with Gasteiger partial charge in [-0.3, -0.25) is 0 Å². The quantitative estimate of drug-likeness (QED) is 0.482. The average molecular weight is 258 g/mol. The minimum absolute atomic E-state index is 0.954. The molecular formula is C17H39N. The molecule has 1 atom stereocenters. The lowest BCUT2D eigenvalue weighted by Crippen LogP contribution is -2.20. The monoisotopic (exact) mass is 257 g/mol. The molecule has 0 spiro atoms. The highest BCUT2D eigenvalue weighted by molar-refractivity contribution is 4.49. The molecule has 0 aromatic heterocycles. The van der Waals surface area contributed by atoms with Gasteiger partial charge in [-0.1, -0.05) is 73.1 Å². The van der Waals surface area contributed by atoms with Crippen molar-refractivity contribution in [2.45, 2.75) is 86.0 Å². The van der Waals surface area contributed by atoms with Crippen molar-refractivity contribution in [1.82, 2.24) is 4.90 Å². The van der Waals surface area contributed by atoms with E-state index in [0.717, 1.165) is 5.92 Å². The van der Waals surface area contributed by atoms with E-state index in [1.165, 1.54) is 64.5 Å². The molecule has 1 nitrogen and oxygen atoms in total. The lowest BCUT2D eigenvalue weighted by atomic mass is 10.0. The van der Waals surface area contributed by atoms with Crippen molar-refractivity contribution >= 4 is 0 Å². The number of rotatable bonds is 10. The second-order valence-electron chi connectivity index (χ2n) is 5.67. The Hall–Kier alpha value is -0.0400. The third-order valence-corrected chi connectivity index (χ3v) is 3.53. The van der Waals surface area contributed by atoms with Crippen LogP contribution in [0.25, 0.3) is 0 Å². The summed E-state index contributed by atoms with van der Waals surface area (Å²) in [5.41, 5.74) is 0. The SMILES string of the molecule is CCCCC(C)CC.CCCCN(C)CCCC. The second-order valence-corrected chi connectivity index (χ2v) is 5.67. The number of nitrogens with zero attached hydrogens (tertiary/aromatic N) is 1. The zero-order valence-electron chi connectivity index (χ0n) is 14.1. The molecule has 0 saturated heterocycles. The van der Waals surface area contributed by atoms with E-state index in [0.29, 0.717) is 0 Å². The van der Waals surface area contributed by atoms with Gasteiger partial charge in [0.1, 0.15) is 0 Å². The molecule has 0 amide bonds. The smallest absolute Gasteiger partial charge is 0.00219 e. The lowest BCUT2D eigenvalue weighted by molar-refractivity contribution is 0.322. The summed E-state index contributed by atoms with van der Waals surface area (Å²) in [7, 11) is 2.21. The molecule has 0 aliphatic heterocycles. The summed E-state index contributed by atoms with van der Waals surface area (Å²) in [5, 5.41) is 0. The summed E-state index contributed by atoms with van der Waals surface area (Å²) >= 11 is 0. The van der Waals surface area contributed by atoms with Gasteiger partial charge in [-0.15, -0.1) is 0 Å². The molecule has 0 fully saturated rings. The minimum atomic E-state index is 0.954. The molecule has 0 aliphatic rings. The Labute approximate surface area is 117 Å². The van der Waals surface area contributed by atoms with Gasteiger partial charge in [-0.05, 0) is 38.9 Å². The maximum atomic E-state index is 2.42. The maximum absolute atomic E-state index is 2.42. The van der Waals surface area contributed by atoms with E-state index in [1.54, 1.807) is 0 Å². The van der Waals surface area contributed by atoms with Crippen molar-refractivity contribution < 1.29 is 0 Å². The molecule has 1 unspecified atom stereocenters. The first-order valence-electron chi connectivity index (χ1n) is 8.30. The Morgan fingerprint density at radius 3 is 1.56 bits per heavy atom. The van der Waals surface area contributed by atoms with Crippen LogP contribution >= 0.6 is 0 Å². The molecule has 0 aliphatic carbocycles. The molecule has 0 radical (unpaired) electrons. The Bertz CT molecular complexity index is 126. The second kappa shape index (κ2) is 17.0. The molecule has 0 bridgehead atoms. The number of unbranched alkanes of at least 4 members (excludes halogenated alkanes) is 3. The fourth-order valence-electron chi connectivity index (χ4n) is 1.72. The normalized spacial score (nSPS) is 12.2. The van der Waals surface area contributed by atoms with Crippen molar-refractivity contribution in [1.29, 1.82) is 0 Å². The highest BCUT2D eigenvalue weighted by Crippen LogP contribution is 2.09. The fourth-order valence-corrected chi connectivity index (χ4v) is 1.72. The van der Waals surface area contributed by atoms with Gasteiger partial charge in [0.15, 0.2) is 0 Å². The predicted octanol–water partition coefficient (Wildman–Crippen LogP) is 5.74. The van der Waals surface area contributed by atoms with E-state index in [9.17, 15) is 0 Å². The molecule has 1 heteroatoms. The highest BCUT2D eigenvalue weighted by Gasteiger charge is 1.95. The zero-order chi connectivity index (χ0) is 14.2. The first-order valence-corrected chi connectivity index (χ1v) is 8.30. The van der Waals surface area contributed by atoms with Crippen LogP contribution < -0.4 is 0 Å². The zero-order valence-corrected chi connectivity index (χ0v) is 14.1. The van der Waals surface area contributed by atoms with Crippen molar-refractivity contribution in [3.63, 3.8) is 0 Å².